The van der Waals surface area contributed by atoms with Gasteiger partial charge in [-0.15, -0.1) is 0 Å². The molecule has 1 aliphatic carbocycles. The van der Waals surface area contributed by atoms with Gasteiger partial charge in [0.05, 0.1) is 0 Å². The normalized spacial score (nSPS) is 22.8. The predicted molar refractivity (Wildman–Crippen MR) is 50.7 cm³/mol. The van der Waals surface area contributed by atoms with Crippen LogP contribution in [0.5, 0.6) is 5.75 Å². The molecule has 0 amide bonds. The summed E-state index contributed by atoms with van der Waals surface area (Å²) in [7, 11) is 0. The summed E-state index contributed by atoms with van der Waals surface area (Å²) < 4.78 is 0. The van der Waals surface area contributed by atoms with Crippen LogP contribution in [0.15, 0.2) is 18.2 Å². The summed E-state index contributed by atoms with van der Waals surface area (Å²) in [5.74, 6) is 0.397. The first-order chi connectivity index (χ1) is 6.30. The molecule has 1 aromatic rings. The topological polar surface area (TPSA) is 32.3 Å². The Labute approximate surface area is 77.6 Å². The van der Waals surface area contributed by atoms with E-state index in [9.17, 15) is 5.11 Å². The first kappa shape index (κ1) is 7.39. The molecule has 1 aromatic carbocycles. The second-order valence-electron chi connectivity index (χ2n) is 4.10. The highest BCUT2D eigenvalue weighted by Crippen LogP contribution is 2.49. The van der Waals surface area contributed by atoms with Crippen molar-refractivity contribution in [3.63, 3.8) is 0 Å². The van der Waals surface area contributed by atoms with Gasteiger partial charge in [-0.25, -0.2) is 0 Å². The molecule has 0 unspecified atom stereocenters. The number of fused-ring (bicyclic) bond motifs is 2. The average molecular weight is 175 g/mol. The van der Waals surface area contributed by atoms with Crippen LogP contribution in [0, 0.1) is 0 Å². The van der Waals surface area contributed by atoms with Crippen molar-refractivity contribution in [1.82, 2.24) is 5.32 Å². The molecule has 1 spiro atoms. The second-order valence-corrected chi connectivity index (χ2v) is 4.10. The molecule has 0 aromatic heterocycles. The Hall–Kier alpha value is -1.02. The first-order valence-corrected chi connectivity index (χ1v) is 4.88. The van der Waals surface area contributed by atoms with Crippen molar-refractivity contribution in [1.29, 1.82) is 0 Å². The van der Waals surface area contributed by atoms with E-state index in [0.29, 0.717) is 5.75 Å². The molecule has 3 rings (SSSR count). The van der Waals surface area contributed by atoms with Gasteiger partial charge in [0.15, 0.2) is 0 Å². The zero-order valence-corrected chi connectivity index (χ0v) is 7.51. The lowest BCUT2D eigenvalue weighted by Gasteiger charge is -2.26. The Balaban J connectivity index is 2.16. The van der Waals surface area contributed by atoms with E-state index in [1.165, 1.54) is 24.0 Å². The molecule has 1 saturated carbocycles. The molecule has 1 fully saturated rings. The number of phenols is 1. The highest BCUT2D eigenvalue weighted by atomic mass is 16.3. The van der Waals surface area contributed by atoms with Crippen LogP contribution in [0.2, 0.25) is 0 Å². The fourth-order valence-corrected chi connectivity index (χ4v) is 2.33. The van der Waals surface area contributed by atoms with Crippen LogP contribution in [0.1, 0.15) is 24.0 Å². The molecular weight excluding hydrogens is 162 g/mol. The third kappa shape index (κ3) is 0.985. The highest BCUT2D eigenvalue weighted by molar-refractivity contribution is 5.44. The van der Waals surface area contributed by atoms with E-state index in [1.54, 1.807) is 6.07 Å². The van der Waals surface area contributed by atoms with Crippen molar-refractivity contribution in [2.24, 2.45) is 0 Å². The molecular formula is C11H13NO. The van der Waals surface area contributed by atoms with E-state index in [4.69, 9.17) is 0 Å². The van der Waals surface area contributed by atoms with Gasteiger partial charge in [0.1, 0.15) is 5.75 Å². The van der Waals surface area contributed by atoms with E-state index in [2.05, 4.69) is 11.4 Å². The molecule has 2 aliphatic rings. The number of hydrogen-bond donors (Lipinski definition) is 2. The van der Waals surface area contributed by atoms with Crippen molar-refractivity contribution < 1.29 is 5.11 Å². The maximum Gasteiger partial charge on any atom is 0.115 e. The maximum absolute atomic E-state index is 9.42. The van der Waals surface area contributed by atoms with Crippen LogP contribution < -0.4 is 5.32 Å². The van der Waals surface area contributed by atoms with Crippen LogP contribution in [0.3, 0.4) is 0 Å². The summed E-state index contributed by atoms with van der Waals surface area (Å²) in [6.07, 6.45) is 3.55. The molecule has 0 radical (unpaired) electrons. The average Bonchev–Trinajstić information content (AvgIpc) is 2.88. The van der Waals surface area contributed by atoms with Crippen molar-refractivity contribution in [2.45, 2.75) is 24.8 Å². The number of phenolic OH excluding ortho intramolecular Hbond substituents is 1. The van der Waals surface area contributed by atoms with Crippen molar-refractivity contribution >= 4 is 0 Å². The Kier molecular flexibility index (Phi) is 1.29. The fourth-order valence-electron chi connectivity index (χ4n) is 2.33. The largest absolute Gasteiger partial charge is 0.508 e. The minimum absolute atomic E-state index is 0.242. The van der Waals surface area contributed by atoms with Gasteiger partial charge in [-0.2, -0.15) is 0 Å². The summed E-state index contributed by atoms with van der Waals surface area (Å²) in [6.45, 7) is 1.08. The Morgan fingerprint density at radius 3 is 2.92 bits per heavy atom. The summed E-state index contributed by atoms with van der Waals surface area (Å²) in [5.41, 5.74) is 2.99. The van der Waals surface area contributed by atoms with E-state index < -0.39 is 0 Å². The lowest BCUT2D eigenvalue weighted by atomic mass is 9.92. The van der Waals surface area contributed by atoms with Gasteiger partial charge in [-0.05, 0) is 42.5 Å². The molecule has 13 heavy (non-hydrogen) atoms. The Morgan fingerprint density at radius 2 is 2.15 bits per heavy atom. The van der Waals surface area contributed by atoms with Gasteiger partial charge in [-0.1, -0.05) is 6.07 Å². The molecule has 0 atom stereocenters. The van der Waals surface area contributed by atoms with E-state index in [1.807, 2.05) is 6.07 Å². The predicted octanol–water partition coefficient (Wildman–Crippen LogP) is 1.53. The maximum atomic E-state index is 9.42. The quantitative estimate of drug-likeness (QED) is 0.626. The molecule has 0 bridgehead atoms. The minimum Gasteiger partial charge on any atom is -0.508 e. The van der Waals surface area contributed by atoms with Gasteiger partial charge >= 0.3 is 0 Å². The van der Waals surface area contributed by atoms with Crippen molar-refractivity contribution in [3.8, 4) is 5.75 Å². The zero-order valence-electron chi connectivity index (χ0n) is 7.51. The highest BCUT2D eigenvalue weighted by Gasteiger charge is 2.46. The lowest BCUT2D eigenvalue weighted by molar-refractivity contribution is 0.459. The van der Waals surface area contributed by atoms with Gasteiger partial charge in [0.25, 0.3) is 0 Å². The van der Waals surface area contributed by atoms with Gasteiger partial charge in [0.2, 0.25) is 0 Å². The zero-order chi connectivity index (χ0) is 8.89. The third-order valence-electron chi connectivity index (χ3n) is 3.22. The van der Waals surface area contributed by atoms with E-state index in [0.717, 1.165) is 13.0 Å². The van der Waals surface area contributed by atoms with E-state index in [-0.39, 0.29) is 5.54 Å². The van der Waals surface area contributed by atoms with Crippen LogP contribution >= 0.6 is 0 Å². The van der Waals surface area contributed by atoms with Crippen LogP contribution in [-0.2, 0) is 12.0 Å². The molecule has 2 heteroatoms. The van der Waals surface area contributed by atoms with Crippen molar-refractivity contribution in [3.05, 3.63) is 29.3 Å². The van der Waals surface area contributed by atoms with Crippen molar-refractivity contribution in [2.75, 3.05) is 6.54 Å². The summed E-state index contributed by atoms with van der Waals surface area (Å²) in [4.78, 5) is 0. The smallest absolute Gasteiger partial charge is 0.115 e. The lowest BCUT2D eigenvalue weighted by Crippen LogP contribution is -2.36. The summed E-state index contributed by atoms with van der Waals surface area (Å²) >= 11 is 0. The van der Waals surface area contributed by atoms with E-state index >= 15 is 0 Å². The van der Waals surface area contributed by atoms with Gasteiger partial charge in [0, 0.05) is 12.1 Å². The third-order valence-corrected chi connectivity index (χ3v) is 3.22. The SMILES string of the molecule is Oc1ccc2c(c1)C1(CC1)NCC2. The molecule has 2 N–H and O–H groups in total. The number of rotatable bonds is 0. The second kappa shape index (κ2) is 2.26. The summed E-state index contributed by atoms with van der Waals surface area (Å²) in [6, 6.07) is 5.78. The van der Waals surface area contributed by atoms with Crippen LogP contribution in [0.4, 0.5) is 0 Å². The molecule has 1 aliphatic heterocycles. The minimum atomic E-state index is 0.242. The number of aromatic hydroxyl groups is 1. The van der Waals surface area contributed by atoms with Gasteiger partial charge in [-0.3, -0.25) is 0 Å². The van der Waals surface area contributed by atoms with Crippen LogP contribution in [-0.4, -0.2) is 11.7 Å². The van der Waals surface area contributed by atoms with Crippen LogP contribution in [0.25, 0.3) is 0 Å². The molecule has 1 heterocycles. The molecule has 68 valence electrons. The Morgan fingerprint density at radius 1 is 1.31 bits per heavy atom. The fraction of sp³-hybridized carbons (Fsp3) is 0.455. The number of nitrogens with one attached hydrogen (secondary N) is 1. The van der Waals surface area contributed by atoms with Gasteiger partial charge < -0.3 is 10.4 Å². The number of hydrogen-bond acceptors (Lipinski definition) is 2. The standard InChI is InChI=1S/C11H13NO/c13-9-2-1-8-3-6-12-11(4-5-11)10(8)7-9/h1-2,7,12-13H,3-6H2. The number of benzene rings is 1. The monoisotopic (exact) mass is 175 g/mol. The summed E-state index contributed by atoms with van der Waals surface area (Å²) in [5, 5.41) is 13.0. The first-order valence-electron chi connectivity index (χ1n) is 4.88. The molecule has 0 saturated heterocycles. The Bertz CT molecular complexity index is 355. The molecule has 2 nitrogen and oxygen atoms in total.